The highest BCUT2D eigenvalue weighted by atomic mass is 16.2. The highest BCUT2D eigenvalue weighted by Crippen LogP contribution is 2.37. The van der Waals surface area contributed by atoms with Crippen molar-refractivity contribution in [2.45, 2.75) is 44.6 Å². The zero-order valence-corrected chi connectivity index (χ0v) is 14.2. The van der Waals surface area contributed by atoms with E-state index in [1.165, 1.54) is 6.20 Å². The summed E-state index contributed by atoms with van der Waals surface area (Å²) in [6.45, 7) is 7.45. The lowest BCUT2D eigenvalue weighted by Gasteiger charge is -2.51. The average Bonchev–Trinajstić information content (AvgIpc) is 2.59. The van der Waals surface area contributed by atoms with Gasteiger partial charge in [-0.25, -0.2) is 4.98 Å². The minimum Gasteiger partial charge on any atom is -0.335 e. The monoisotopic (exact) mass is 328 g/mol. The van der Waals surface area contributed by atoms with E-state index < -0.39 is 0 Å². The van der Waals surface area contributed by atoms with Crippen LogP contribution < -0.4 is 0 Å². The van der Waals surface area contributed by atoms with Crippen LogP contribution in [0.5, 0.6) is 0 Å². The van der Waals surface area contributed by atoms with Gasteiger partial charge in [-0.05, 0) is 32.6 Å². The highest BCUT2D eigenvalue weighted by Gasteiger charge is 2.45. The summed E-state index contributed by atoms with van der Waals surface area (Å²) in [5.41, 5.74) is 0.905. The van der Waals surface area contributed by atoms with Crippen molar-refractivity contribution in [1.82, 2.24) is 19.8 Å². The largest absolute Gasteiger partial charge is 0.335 e. The summed E-state index contributed by atoms with van der Waals surface area (Å²) < 4.78 is 0. The topological polar surface area (TPSA) is 66.4 Å². The minimum atomic E-state index is -0.254. The van der Waals surface area contributed by atoms with E-state index in [2.05, 4.69) is 16.5 Å². The van der Waals surface area contributed by atoms with Crippen molar-refractivity contribution in [1.29, 1.82) is 0 Å². The van der Waals surface area contributed by atoms with Gasteiger partial charge in [0.15, 0.2) is 0 Å². The molecule has 3 rings (SSSR count). The average molecular weight is 328 g/mol. The number of aryl methyl sites for hydroxylation is 1. The van der Waals surface area contributed by atoms with Gasteiger partial charge in [-0.2, -0.15) is 0 Å². The number of carbonyl (C=O) groups excluding carboxylic acids is 2. The van der Waals surface area contributed by atoms with Crippen LogP contribution in [-0.2, 0) is 4.79 Å². The molecule has 0 bridgehead atoms. The van der Waals surface area contributed by atoms with Gasteiger partial charge < -0.3 is 9.80 Å². The molecule has 6 heteroatoms. The molecule has 1 aromatic rings. The molecule has 128 valence electrons. The molecule has 1 aromatic heterocycles. The van der Waals surface area contributed by atoms with Crippen LogP contribution in [0.3, 0.4) is 0 Å². The molecular weight excluding hydrogens is 304 g/mol. The molecule has 0 aromatic carbocycles. The lowest BCUT2D eigenvalue weighted by molar-refractivity contribution is -0.143. The Morgan fingerprint density at radius 2 is 2.12 bits per heavy atom. The summed E-state index contributed by atoms with van der Waals surface area (Å²) in [4.78, 5) is 37.3. The van der Waals surface area contributed by atoms with E-state index in [0.717, 1.165) is 31.4 Å². The molecule has 24 heavy (non-hydrogen) atoms. The Morgan fingerprint density at radius 1 is 1.33 bits per heavy atom. The van der Waals surface area contributed by atoms with Crippen molar-refractivity contribution in [2.24, 2.45) is 0 Å². The number of hydrogen-bond acceptors (Lipinski definition) is 4. The fraction of sp³-hybridized carbons (Fsp3) is 0.556. The third-order valence-electron chi connectivity index (χ3n) is 5.06. The molecule has 3 heterocycles. The zero-order chi connectivity index (χ0) is 17.2. The molecule has 1 atom stereocenters. The minimum absolute atomic E-state index is 0.0989. The molecule has 0 radical (unpaired) electrons. The number of aromatic nitrogens is 2. The van der Waals surface area contributed by atoms with E-state index in [1.54, 1.807) is 12.3 Å². The lowest BCUT2D eigenvalue weighted by atomic mass is 9.79. The molecule has 0 aliphatic carbocycles. The Bertz CT molecular complexity index is 639. The van der Waals surface area contributed by atoms with Crippen molar-refractivity contribution < 1.29 is 9.59 Å². The first-order valence-corrected chi connectivity index (χ1v) is 8.55. The first-order valence-electron chi connectivity index (χ1n) is 8.55. The maximum Gasteiger partial charge on any atom is 0.274 e. The Balaban J connectivity index is 1.82. The van der Waals surface area contributed by atoms with Gasteiger partial charge in [0.1, 0.15) is 5.69 Å². The molecular formula is C18H24N4O2. The number of nitrogens with zero attached hydrogens (tertiary/aromatic N) is 4. The highest BCUT2D eigenvalue weighted by molar-refractivity contribution is 5.92. The SMILES string of the molecule is C=CCN1C(=O)CCC[C@@]12CCCN(C(=O)c1cnc(C)cn1)C2. The van der Waals surface area contributed by atoms with Crippen LogP contribution in [0, 0.1) is 6.92 Å². The predicted molar refractivity (Wildman–Crippen MR) is 90.4 cm³/mol. The normalized spacial score (nSPS) is 24.3. The van der Waals surface area contributed by atoms with Crippen molar-refractivity contribution in [3.8, 4) is 0 Å². The second-order valence-corrected chi connectivity index (χ2v) is 6.74. The number of piperidine rings is 2. The molecule has 0 saturated carbocycles. The molecule has 2 amide bonds. The third kappa shape index (κ3) is 3.05. The number of carbonyl (C=O) groups is 2. The van der Waals surface area contributed by atoms with Crippen LogP contribution in [-0.4, -0.2) is 56.8 Å². The Morgan fingerprint density at radius 3 is 2.83 bits per heavy atom. The van der Waals surface area contributed by atoms with Gasteiger partial charge in [-0.3, -0.25) is 14.6 Å². The molecule has 0 unspecified atom stereocenters. The van der Waals surface area contributed by atoms with E-state index in [1.807, 2.05) is 16.7 Å². The van der Waals surface area contributed by atoms with E-state index >= 15 is 0 Å². The molecule has 2 aliphatic heterocycles. The number of rotatable bonds is 3. The maximum atomic E-state index is 12.8. The van der Waals surface area contributed by atoms with Crippen LogP contribution in [0.15, 0.2) is 25.0 Å². The molecule has 1 spiro atoms. The van der Waals surface area contributed by atoms with Gasteiger partial charge in [-0.1, -0.05) is 6.08 Å². The van der Waals surface area contributed by atoms with E-state index in [9.17, 15) is 9.59 Å². The quantitative estimate of drug-likeness (QED) is 0.796. The summed E-state index contributed by atoms with van der Waals surface area (Å²) in [6.07, 6.45) is 9.18. The lowest BCUT2D eigenvalue weighted by Crippen LogP contribution is -2.63. The van der Waals surface area contributed by atoms with E-state index in [0.29, 0.717) is 31.7 Å². The Labute approximate surface area is 142 Å². The second kappa shape index (κ2) is 6.71. The van der Waals surface area contributed by atoms with Crippen molar-refractivity contribution in [2.75, 3.05) is 19.6 Å². The molecule has 0 N–H and O–H groups in total. The third-order valence-corrected chi connectivity index (χ3v) is 5.06. The number of amides is 2. The molecule has 2 aliphatic rings. The molecule has 6 nitrogen and oxygen atoms in total. The van der Waals surface area contributed by atoms with Gasteiger partial charge >= 0.3 is 0 Å². The summed E-state index contributed by atoms with van der Waals surface area (Å²) in [6, 6.07) is 0. The predicted octanol–water partition coefficient (Wildman–Crippen LogP) is 1.96. The van der Waals surface area contributed by atoms with E-state index in [4.69, 9.17) is 0 Å². The maximum absolute atomic E-state index is 12.8. The molecule has 2 fully saturated rings. The van der Waals surface area contributed by atoms with Gasteiger partial charge in [0.25, 0.3) is 5.91 Å². The smallest absolute Gasteiger partial charge is 0.274 e. The number of likely N-dealkylation sites (tertiary alicyclic amines) is 2. The summed E-state index contributed by atoms with van der Waals surface area (Å²) in [5, 5.41) is 0. The van der Waals surface area contributed by atoms with Crippen LogP contribution in [0.2, 0.25) is 0 Å². The van der Waals surface area contributed by atoms with Gasteiger partial charge in [0.05, 0.1) is 17.4 Å². The standard InChI is InChI=1S/C18H24N4O2/c1-3-9-22-16(23)6-4-7-18(22)8-5-10-21(13-18)17(24)15-12-19-14(2)11-20-15/h3,11-12H,1,4-10,13H2,2H3/t18-/m0/s1. The first-order chi connectivity index (χ1) is 11.6. The van der Waals surface area contributed by atoms with Crippen LogP contribution in [0.1, 0.15) is 48.3 Å². The zero-order valence-electron chi connectivity index (χ0n) is 14.2. The van der Waals surface area contributed by atoms with Crippen molar-refractivity contribution in [3.63, 3.8) is 0 Å². The molecule has 2 saturated heterocycles. The van der Waals surface area contributed by atoms with Gasteiger partial charge in [0.2, 0.25) is 5.91 Å². The Kier molecular flexibility index (Phi) is 4.64. The van der Waals surface area contributed by atoms with Gasteiger partial charge in [0, 0.05) is 32.3 Å². The van der Waals surface area contributed by atoms with Crippen molar-refractivity contribution >= 4 is 11.8 Å². The van der Waals surface area contributed by atoms with Crippen LogP contribution >= 0.6 is 0 Å². The van der Waals surface area contributed by atoms with Gasteiger partial charge in [-0.15, -0.1) is 6.58 Å². The van der Waals surface area contributed by atoms with Crippen LogP contribution in [0.4, 0.5) is 0 Å². The first kappa shape index (κ1) is 16.6. The van der Waals surface area contributed by atoms with Crippen molar-refractivity contribution in [3.05, 3.63) is 36.4 Å². The second-order valence-electron chi connectivity index (χ2n) is 6.74. The number of hydrogen-bond donors (Lipinski definition) is 0. The summed E-state index contributed by atoms with van der Waals surface area (Å²) in [7, 11) is 0. The fourth-order valence-corrected chi connectivity index (χ4v) is 3.90. The Hall–Kier alpha value is -2.24. The van der Waals surface area contributed by atoms with Crippen LogP contribution in [0.25, 0.3) is 0 Å². The van der Waals surface area contributed by atoms with E-state index in [-0.39, 0.29) is 17.4 Å². The fourth-order valence-electron chi connectivity index (χ4n) is 3.90. The summed E-state index contributed by atoms with van der Waals surface area (Å²) in [5.74, 6) is 0.0729. The summed E-state index contributed by atoms with van der Waals surface area (Å²) >= 11 is 0.